The number of carboxylic acid groups (broad SMARTS) is 1. The van der Waals surface area contributed by atoms with Crippen molar-refractivity contribution in [1.82, 2.24) is 4.31 Å². The van der Waals surface area contributed by atoms with E-state index in [1.165, 1.54) is 0 Å². The van der Waals surface area contributed by atoms with Gasteiger partial charge < -0.3 is 5.11 Å². The van der Waals surface area contributed by atoms with Crippen LogP contribution in [-0.2, 0) is 21.5 Å². The summed E-state index contributed by atoms with van der Waals surface area (Å²) >= 11 is 0. The Bertz CT molecular complexity index is 555. The van der Waals surface area contributed by atoms with Crippen molar-refractivity contribution in [2.75, 3.05) is 6.54 Å². The van der Waals surface area contributed by atoms with Crippen LogP contribution in [0.2, 0.25) is 0 Å². The van der Waals surface area contributed by atoms with Crippen LogP contribution in [0.1, 0.15) is 17.0 Å². The van der Waals surface area contributed by atoms with E-state index in [4.69, 9.17) is 10.2 Å². The van der Waals surface area contributed by atoms with Crippen LogP contribution >= 0.6 is 0 Å². The smallest absolute Gasteiger partial charge is 0.312 e. The van der Waals surface area contributed by atoms with Gasteiger partial charge in [0.2, 0.25) is 0 Å². The molecule has 0 saturated heterocycles. The molecular formula is C10H12N2O4S. The number of benzene rings is 1. The summed E-state index contributed by atoms with van der Waals surface area (Å²) in [5.74, 6) is -1.91. The van der Waals surface area contributed by atoms with Gasteiger partial charge in [-0.25, -0.2) is 5.14 Å². The summed E-state index contributed by atoms with van der Waals surface area (Å²) in [6, 6.07) is 6.89. The molecule has 2 rings (SSSR count). The number of hydrogen-bond donors (Lipinski definition) is 2. The SMILES string of the molecule is NS(=O)(=O)N1Cc2ccccc2C(C(=O)O)C1. The fourth-order valence-corrected chi connectivity index (χ4v) is 2.66. The molecule has 0 aliphatic carbocycles. The van der Waals surface area contributed by atoms with Crippen molar-refractivity contribution in [3.8, 4) is 0 Å². The lowest BCUT2D eigenvalue weighted by Crippen LogP contribution is -2.43. The predicted molar refractivity (Wildman–Crippen MR) is 60.3 cm³/mol. The summed E-state index contributed by atoms with van der Waals surface area (Å²) in [5.41, 5.74) is 1.33. The molecule has 0 aromatic heterocycles. The maximum atomic E-state index is 11.3. The minimum Gasteiger partial charge on any atom is -0.481 e. The Morgan fingerprint density at radius 3 is 2.65 bits per heavy atom. The summed E-state index contributed by atoms with van der Waals surface area (Å²) in [6.45, 7) is 0.00394. The van der Waals surface area contributed by atoms with Gasteiger partial charge in [0.25, 0.3) is 10.2 Å². The highest BCUT2D eigenvalue weighted by Gasteiger charge is 2.34. The second-order valence-corrected chi connectivity index (χ2v) is 5.47. The molecule has 0 radical (unpaired) electrons. The molecule has 0 spiro atoms. The molecule has 1 aliphatic rings. The lowest BCUT2D eigenvalue weighted by Gasteiger charge is -2.30. The average molecular weight is 256 g/mol. The van der Waals surface area contributed by atoms with Gasteiger partial charge >= 0.3 is 5.97 Å². The zero-order chi connectivity index (χ0) is 12.6. The largest absolute Gasteiger partial charge is 0.481 e. The fraction of sp³-hybridized carbons (Fsp3) is 0.300. The quantitative estimate of drug-likeness (QED) is 0.769. The van der Waals surface area contributed by atoms with Gasteiger partial charge in [-0.1, -0.05) is 24.3 Å². The number of fused-ring (bicyclic) bond motifs is 1. The highest BCUT2D eigenvalue weighted by atomic mass is 32.2. The first kappa shape index (κ1) is 12.0. The number of nitrogens with two attached hydrogens (primary N) is 1. The Morgan fingerprint density at radius 1 is 1.41 bits per heavy atom. The highest BCUT2D eigenvalue weighted by molar-refractivity contribution is 7.86. The van der Waals surface area contributed by atoms with Gasteiger partial charge in [-0.3, -0.25) is 4.79 Å². The zero-order valence-electron chi connectivity index (χ0n) is 8.91. The maximum Gasteiger partial charge on any atom is 0.312 e. The highest BCUT2D eigenvalue weighted by Crippen LogP contribution is 2.29. The summed E-state index contributed by atoms with van der Waals surface area (Å²) in [5, 5.41) is 14.1. The Hall–Kier alpha value is -1.44. The summed E-state index contributed by atoms with van der Waals surface area (Å²) in [7, 11) is -3.87. The number of rotatable bonds is 2. The molecule has 0 bridgehead atoms. The van der Waals surface area contributed by atoms with Crippen LogP contribution in [0.4, 0.5) is 0 Å². The Morgan fingerprint density at radius 2 is 2.06 bits per heavy atom. The molecule has 1 aromatic carbocycles. The van der Waals surface area contributed by atoms with Gasteiger partial charge in [0.15, 0.2) is 0 Å². The third-order valence-corrected chi connectivity index (χ3v) is 3.82. The average Bonchev–Trinajstić information content (AvgIpc) is 2.26. The second kappa shape index (κ2) is 4.10. The first-order valence-corrected chi connectivity index (χ1v) is 6.48. The van der Waals surface area contributed by atoms with Crippen LogP contribution in [-0.4, -0.2) is 30.3 Å². The van der Waals surface area contributed by atoms with E-state index in [9.17, 15) is 13.2 Å². The summed E-state index contributed by atoms with van der Waals surface area (Å²) < 4.78 is 23.5. The first-order valence-electron chi connectivity index (χ1n) is 4.98. The Labute approximate surface area is 98.8 Å². The number of hydrogen-bond acceptors (Lipinski definition) is 3. The second-order valence-electron chi connectivity index (χ2n) is 3.93. The van der Waals surface area contributed by atoms with E-state index in [-0.39, 0.29) is 13.1 Å². The van der Waals surface area contributed by atoms with Crippen molar-refractivity contribution in [1.29, 1.82) is 0 Å². The monoisotopic (exact) mass is 256 g/mol. The molecule has 1 atom stereocenters. The molecule has 6 nitrogen and oxygen atoms in total. The van der Waals surface area contributed by atoms with Gasteiger partial charge in [-0.2, -0.15) is 12.7 Å². The van der Waals surface area contributed by atoms with E-state index < -0.39 is 22.1 Å². The number of aliphatic carboxylic acids is 1. The topological polar surface area (TPSA) is 101 Å². The van der Waals surface area contributed by atoms with Crippen molar-refractivity contribution in [2.24, 2.45) is 5.14 Å². The molecule has 1 unspecified atom stereocenters. The van der Waals surface area contributed by atoms with E-state index >= 15 is 0 Å². The standard InChI is InChI=1S/C10H12N2O4S/c11-17(15,16)12-5-7-3-1-2-4-8(7)9(6-12)10(13)14/h1-4,9H,5-6H2,(H,13,14)(H2,11,15,16). The molecule has 1 aromatic rings. The van der Waals surface area contributed by atoms with Gasteiger partial charge in [-0.05, 0) is 11.1 Å². The number of nitrogens with zero attached hydrogens (tertiary/aromatic N) is 1. The van der Waals surface area contributed by atoms with Crippen LogP contribution in [0.15, 0.2) is 24.3 Å². The third-order valence-electron chi connectivity index (χ3n) is 2.82. The molecular weight excluding hydrogens is 244 g/mol. The molecule has 1 heterocycles. The molecule has 0 fully saturated rings. The van der Waals surface area contributed by atoms with Gasteiger partial charge in [-0.15, -0.1) is 0 Å². The van der Waals surface area contributed by atoms with E-state index in [1.54, 1.807) is 24.3 Å². The summed E-state index contributed by atoms with van der Waals surface area (Å²) in [4.78, 5) is 11.1. The lowest BCUT2D eigenvalue weighted by atomic mass is 9.91. The number of carbonyl (C=O) groups is 1. The van der Waals surface area contributed by atoms with Crippen molar-refractivity contribution in [2.45, 2.75) is 12.5 Å². The van der Waals surface area contributed by atoms with Crippen LogP contribution in [0.25, 0.3) is 0 Å². The zero-order valence-corrected chi connectivity index (χ0v) is 9.72. The Kier molecular flexibility index (Phi) is 2.90. The van der Waals surface area contributed by atoms with Crippen molar-refractivity contribution in [3.63, 3.8) is 0 Å². The molecule has 1 aliphatic heterocycles. The van der Waals surface area contributed by atoms with E-state index in [2.05, 4.69) is 0 Å². The van der Waals surface area contributed by atoms with Crippen LogP contribution in [0, 0.1) is 0 Å². The molecule has 3 N–H and O–H groups in total. The first-order chi connectivity index (χ1) is 7.89. The molecule has 0 amide bonds. The predicted octanol–water partition coefficient (Wildman–Crippen LogP) is -0.126. The van der Waals surface area contributed by atoms with Crippen LogP contribution < -0.4 is 5.14 Å². The molecule has 7 heteroatoms. The van der Waals surface area contributed by atoms with E-state index in [0.29, 0.717) is 11.1 Å². The van der Waals surface area contributed by atoms with Crippen LogP contribution in [0.5, 0.6) is 0 Å². The molecule has 17 heavy (non-hydrogen) atoms. The van der Waals surface area contributed by atoms with Crippen LogP contribution in [0.3, 0.4) is 0 Å². The lowest BCUT2D eigenvalue weighted by molar-refractivity contribution is -0.139. The fourth-order valence-electron chi connectivity index (χ4n) is 1.98. The van der Waals surface area contributed by atoms with Crippen molar-refractivity contribution >= 4 is 16.2 Å². The normalized spacial score (nSPS) is 20.9. The minimum absolute atomic E-state index is 0.120. The Balaban J connectivity index is 2.47. The number of carboxylic acids is 1. The van der Waals surface area contributed by atoms with Crippen molar-refractivity contribution < 1.29 is 18.3 Å². The van der Waals surface area contributed by atoms with Gasteiger partial charge in [0, 0.05) is 13.1 Å². The van der Waals surface area contributed by atoms with E-state index in [1.807, 2.05) is 0 Å². The van der Waals surface area contributed by atoms with E-state index in [0.717, 1.165) is 4.31 Å². The molecule has 92 valence electrons. The van der Waals surface area contributed by atoms with Crippen molar-refractivity contribution in [3.05, 3.63) is 35.4 Å². The summed E-state index contributed by atoms with van der Waals surface area (Å²) in [6.07, 6.45) is 0. The van der Waals surface area contributed by atoms with Gasteiger partial charge in [0.1, 0.15) is 0 Å². The third kappa shape index (κ3) is 2.31. The van der Waals surface area contributed by atoms with Gasteiger partial charge in [0.05, 0.1) is 5.92 Å². The minimum atomic E-state index is -3.87. The maximum absolute atomic E-state index is 11.3. The molecule has 0 saturated carbocycles.